The highest BCUT2D eigenvalue weighted by Gasteiger charge is 2.03. The van der Waals surface area contributed by atoms with Crippen LogP contribution in [0.2, 0.25) is 0 Å². The molecule has 1 heterocycles. The van der Waals surface area contributed by atoms with Crippen molar-refractivity contribution in [3.05, 3.63) is 28.9 Å². The Labute approximate surface area is 67.7 Å². The fraction of sp³-hybridized carbons (Fsp3) is 0. The van der Waals surface area contributed by atoms with Crippen LogP contribution < -0.4 is 10.7 Å². The topological polar surface area (TPSA) is 45.0 Å². The van der Waals surface area contributed by atoms with Crippen molar-refractivity contribution in [3.63, 3.8) is 0 Å². The molecule has 2 rings (SSSR count). The largest absolute Gasteiger partial charge is 0.506 e. The van der Waals surface area contributed by atoms with Crippen molar-refractivity contribution in [2.75, 3.05) is 0 Å². The molecule has 0 spiro atoms. The summed E-state index contributed by atoms with van der Waals surface area (Å²) in [5.41, 5.74) is 0. The molecule has 0 aromatic heterocycles. The number of rotatable bonds is 0. The molecule has 0 saturated heterocycles. The maximum atomic E-state index is 9.24. The lowest BCUT2D eigenvalue weighted by Gasteiger charge is -1.85. The Bertz CT molecular complexity index is 438. The molecule has 1 N–H and O–H groups in total. The van der Waals surface area contributed by atoms with E-state index < -0.39 is 0 Å². The van der Waals surface area contributed by atoms with Gasteiger partial charge in [-0.15, -0.1) is 0 Å². The first-order valence-corrected chi connectivity index (χ1v) is 3.47. The SMILES string of the molecule is Oc1cccc2c1=NC(=S)N=2. The van der Waals surface area contributed by atoms with Gasteiger partial charge in [-0.3, -0.25) is 0 Å². The van der Waals surface area contributed by atoms with Crippen molar-refractivity contribution in [3.8, 4) is 5.75 Å². The highest BCUT2D eigenvalue weighted by atomic mass is 32.1. The minimum atomic E-state index is 0.131. The van der Waals surface area contributed by atoms with E-state index in [1.54, 1.807) is 18.2 Å². The van der Waals surface area contributed by atoms with E-state index in [2.05, 4.69) is 9.98 Å². The second-order valence-electron chi connectivity index (χ2n) is 2.15. The van der Waals surface area contributed by atoms with E-state index in [4.69, 9.17) is 12.2 Å². The molecule has 0 saturated carbocycles. The van der Waals surface area contributed by atoms with Crippen LogP contribution >= 0.6 is 12.2 Å². The van der Waals surface area contributed by atoms with Gasteiger partial charge < -0.3 is 5.11 Å². The third kappa shape index (κ3) is 0.914. The number of phenolic OH excluding ortho intramolecular Hbond substituents is 1. The monoisotopic (exact) mass is 164 g/mol. The van der Waals surface area contributed by atoms with Gasteiger partial charge in [0.1, 0.15) is 11.1 Å². The van der Waals surface area contributed by atoms with Crippen LogP contribution in [0, 0.1) is 0 Å². The molecular formula is C7H4N2OS. The lowest BCUT2D eigenvalue weighted by Crippen LogP contribution is -2.20. The van der Waals surface area contributed by atoms with E-state index in [-0.39, 0.29) is 10.9 Å². The smallest absolute Gasteiger partial charge is 0.220 e. The van der Waals surface area contributed by atoms with Gasteiger partial charge in [-0.2, -0.15) is 0 Å². The maximum Gasteiger partial charge on any atom is 0.220 e. The molecule has 0 bridgehead atoms. The second-order valence-corrected chi connectivity index (χ2v) is 2.52. The van der Waals surface area contributed by atoms with Crippen LogP contribution in [-0.2, 0) is 0 Å². The lowest BCUT2D eigenvalue weighted by atomic mass is 10.3. The predicted molar refractivity (Wildman–Crippen MR) is 43.0 cm³/mol. The molecule has 1 aliphatic heterocycles. The normalized spacial score (nSPS) is 13.6. The number of phenols is 1. The fourth-order valence-corrected chi connectivity index (χ4v) is 1.14. The average molecular weight is 164 g/mol. The zero-order valence-corrected chi connectivity index (χ0v) is 6.30. The van der Waals surface area contributed by atoms with Gasteiger partial charge in [-0.1, -0.05) is 6.07 Å². The lowest BCUT2D eigenvalue weighted by molar-refractivity contribution is 0.468. The Kier molecular flexibility index (Phi) is 1.22. The molecule has 3 nitrogen and oxygen atoms in total. The van der Waals surface area contributed by atoms with Crippen molar-refractivity contribution in [1.82, 2.24) is 0 Å². The first-order chi connectivity index (χ1) is 5.27. The molecule has 11 heavy (non-hydrogen) atoms. The zero-order valence-electron chi connectivity index (χ0n) is 5.48. The van der Waals surface area contributed by atoms with Gasteiger partial charge >= 0.3 is 0 Å². The van der Waals surface area contributed by atoms with Gasteiger partial charge in [0, 0.05) is 0 Å². The Morgan fingerprint density at radius 3 is 2.82 bits per heavy atom. The first kappa shape index (κ1) is 6.42. The summed E-state index contributed by atoms with van der Waals surface area (Å²) in [5.74, 6) is 0.131. The molecular weight excluding hydrogens is 160 g/mol. The summed E-state index contributed by atoms with van der Waals surface area (Å²) in [6.45, 7) is 0. The van der Waals surface area contributed by atoms with E-state index in [1.807, 2.05) is 0 Å². The summed E-state index contributed by atoms with van der Waals surface area (Å²) in [4.78, 5) is 7.78. The number of nitrogens with zero attached hydrogens (tertiary/aromatic N) is 2. The number of hydrogen-bond donors (Lipinski definition) is 1. The Hall–Kier alpha value is -1.29. The second kappa shape index (κ2) is 2.10. The van der Waals surface area contributed by atoms with E-state index in [0.29, 0.717) is 10.7 Å². The van der Waals surface area contributed by atoms with Crippen molar-refractivity contribution in [1.29, 1.82) is 0 Å². The fourth-order valence-electron chi connectivity index (χ4n) is 0.948. The van der Waals surface area contributed by atoms with Gasteiger partial charge in [0.05, 0.1) is 5.36 Å². The number of fused-ring (bicyclic) bond motifs is 1. The van der Waals surface area contributed by atoms with Crippen molar-refractivity contribution < 1.29 is 5.11 Å². The molecule has 1 aliphatic rings. The molecule has 4 heteroatoms. The molecule has 0 aliphatic carbocycles. The number of benzene rings is 1. The van der Waals surface area contributed by atoms with E-state index in [9.17, 15) is 5.11 Å². The van der Waals surface area contributed by atoms with Crippen LogP contribution in [0.15, 0.2) is 28.2 Å². The van der Waals surface area contributed by atoms with Crippen molar-refractivity contribution in [2.24, 2.45) is 9.98 Å². The summed E-state index contributed by atoms with van der Waals surface area (Å²) in [6, 6.07) is 5.03. The highest BCUT2D eigenvalue weighted by molar-refractivity contribution is 7.80. The first-order valence-electron chi connectivity index (χ1n) is 3.07. The van der Waals surface area contributed by atoms with Gasteiger partial charge in [0.15, 0.2) is 0 Å². The zero-order chi connectivity index (χ0) is 7.84. The van der Waals surface area contributed by atoms with Crippen LogP contribution in [0.3, 0.4) is 0 Å². The molecule has 1 aromatic rings. The predicted octanol–water partition coefficient (Wildman–Crippen LogP) is -0.0701. The molecule has 0 unspecified atom stereocenters. The summed E-state index contributed by atoms with van der Waals surface area (Å²) in [7, 11) is 0. The van der Waals surface area contributed by atoms with Gasteiger partial charge in [-0.05, 0) is 24.4 Å². The molecule has 0 radical (unpaired) electrons. The highest BCUT2D eigenvalue weighted by Crippen LogP contribution is 1.97. The molecule has 0 amide bonds. The van der Waals surface area contributed by atoms with E-state index in [1.165, 1.54) is 0 Å². The minimum absolute atomic E-state index is 0.131. The quantitative estimate of drug-likeness (QED) is 0.545. The van der Waals surface area contributed by atoms with Gasteiger partial charge in [0.25, 0.3) is 0 Å². The average Bonchev–Trinajstić information content (AvgIpc) is 2.31. The summed E-state index contributed by atoms with van der Waals surface area (Å²) >= 11 is 4.74. The third-order valence-corrected chi connectivity index (χ3v) is 1.60. The third-order valence-electron chi connectivity index (χ3n) is 1.42. The van der Waals surface area contributed by atoms with Crippen molar-refractivity contribution in [2.45, 2.75) is 0 Å². The molecule has 1 aromatic carbocycles. The van der Waals surface area contributed by atoms with Crippen LogP contribution in [0.4, 0.5) is 0 Å². The summed E-state index contributed by atoms with van der Waals surface area (Å²) in [6.07, 6.45) is 0. The van der Waals surface area contributed by atoms with Crippen LogP contribution in [-0.4, -0.2) is 10.2 Å². The Balaban J connectivity index is 2.97. The summed E-state index contributed by atoms with van der Waals surface area (Å²) < 4.78 is 0. The Morgan fingerprint density at radius 1 is 1.27 bits per heavy atom. The number of aromatic hydroxyl groups is 1. The maximum absolute atomic E-state index is 9.24. The Morgan fingerprint density at radius 2 is 2.09 bits per heavy atom. The van der Waals surface area contributed by atoms with Crippen LogP contribution in [0.25, 0.3) is 0 Å². The van der Waals surface area contributed by atoms with Crippen LogP contribution in [0.1, 0.15) is 0 Å². The number of para-hydroxylation sites is 1. The minimum Gasteiger partial charge on any atom is -0.506 e. The van der Waals surface area contributed by atoms with Crippen LogP contribution in [0.5, 0.6) is 5.75 Å². The molecule has 0 fully saturated rings. The number of thiocarbonyl (C=S) groups is 1. The van der Waals surface area contributed by atoms with E-state index in [0.717, 1.165) is 0 Å². The van der Waals surface area contributed by atoms with E-state index >= 15 is 0 Å². The molecule has 54 valence electrons. The molecule has 0 atom stereocenters. The van der Waals surface area contributed by atoms with Gasteiger partial charge in [0.2, 0.25) is 5.11 Å². The standard InChI is InChI=1S/C7H4N2OS/c10-5-3-1-2-4-6(5)9-7(11)8-4/h1-3,10H. The van der Waals surface area contributed by atoms with Crippen molar-refractivity contribution >= 4 is 17.3 Å². The van der Waals surface area contributed by atoms with Gasteiger partial charge in [-0.25, -0.2) is 9.98 Å². The number of hydrogen-bond acceptors (Lipinski definition) is 2. The summed E-state index contributed by atoms with van der Waals surface area (Å²) in [5, 5.41) is 10.6.